The minimum absolute atomic E-state index is 0. The molecule has 3 atom stereocenters. The molecule has 1 aliphatic heterocycles. The molecule has 0 unspecified atom stereocenters. The first-order chi connectivity index (χ1) is 43.7. The third-order valence-electron chi connectivity index (χ3n) is 13.0. The first-order valence-electron chi connectivity index (χ1n) is 27.0. The number of carbonyl (C=O) groups excluding carboxylic acids is 3. The molecule has 0 bridgehead atoms. The van der Waals surface area contributed by atoms with Crippen LogP contribution in [-0.4, -0.2) is 177 Å². The zero-order valence-corrected chi connectivity index (χ0v) is 51.5. The van der Waals surface area contributed by atoms with Gasteiger partial charge in [-0.3, -0.25) is 14.4 Å². The van der Waals surface area contributed by atoms with Crippen LogP contribution in [0.3, 0.4) is 0 Å². The van der Waals surface area contributed by atoms with Gasteiger partial charge >= 0.3 is 18.5 Å². The highest BCUT2D eigenvalue weighted by Crippen LogP contribution is 2.33. The van der Waals surface area contributed by atoms with E-state index >= 15 is 0 Å². The predicted molar refractivity (Wildman–Crippen MR) is 341 cm³/mol. The second-order valence-electron chi connectivity index (χ2n) is 19.6. The molecule has 0 radical (unpaired) electrons. The lowest BCUT2D eigenvalue weighted by atomic mass is 10.1. The van der Waals surface area contributed by atoms with Crippen LogP contribution in [0.15, 0.2) is 80.0 Å². The van der Waals surface area contributed by atoms with Gasteiger partial charge in [0, 0.05) is 104 Å². The summed E-state index contributed by atoms with van der Waals surface area (Å²) < 4.78 is 141. The van der Waals surface area contributed by atoms with Crippen LogP contribution in [0.2, 0.25) is 15.1 Å². The fourth-order valence-electron chi connectivity index (χ4n) is 8.82. The zero-order valence-electron chi connectivity index (χ0n) is 47.6. The Morgan fingerprint density at radius 1 is 0.609 bits per heavy atom. The number of H-pyrrole nitrogens is 3. The summed E-state index contributed by atoms with van der Waals surface area (Å²) in [5, 5.41) is 17.2. The molecule has 0 saturated carbocycles. The van der Waals surface area contributed by atoms with Crippen molar-refractivity contribution >= 4 is 127 Å². The number of aromatic nitrogens is 12. The lowest BCUT2D eigenvalue weighted by Gasteiger charge is -2.36. The molecule has 1 fully saturated rings. The van der Waals surface area contributed by atoms with Gasteiger partial charge in [-0.25, -0.2) is 53.6 Å². The van der Waals surface area contributed by atoms with Gasteiger partial charge in [0.1, 0.15) is 60.5 Å². The van der Waals surface area contributed by atoms with Gasteiger partial charge in [-0.1, -0.05) is 34.8 Å². The standard InChI is InChI=1S/C18H16ClF4N7O.C18H17ClF4N6OS.C18H18ClF3N6OS.6H2/c19-9-3-10-11(5-26-14(10)25-4-9)15-27-6-12(20)16(29-15)30-2-1-24-7-13(30)17(31)28-8-18(21,22)23;1-31-3-2-13(17(30)27-8-18(21,22)23)28-16-12(20)7-26-15(29-16)11-6-25-14-10(11)4-9(19)5-24-14;1-30-5-3-13(17(29)26-9-18(20,21)22)27-14-2-4-23-16(28-14)12-8-25-15-11(12)6-10(19)7-24-15;;;;;;/h3-6,13,24H,1-2,7-8H2,(H,25,26)(H,28,31);4-7,13H,2-3,8H2,1H3,(H,24,25)(H,27,30)(H,26,28,29);2,4,6-8,13H,3,5,9H2,1H3,(H,24,25)(H,26,29)(H,23,27,28);6*1H/t3*13-;;;;;;/m111....../s1. The van der Waals surface area contributed by atoms with Gasteiger partial charge in [0.2, 0.25) is 17.7 Å². The molecule has 38 heteroatoms. The number of fused-ring (bicyclic) bond motifs is 3. The van der Waals surface area contributed by atoms with Crippen molar-refractivity contribution in [3.8, 4) is 34.2 Å². The number of hydrogen-bond acceptors (Lipinski definition) is 18. The average Bonchev–Trinajstić information content (AvgIpc) is 1.58. The van der Waals surface area contributed by atoms with Crippen molar-refractivity contribution in [1.82, 2.24) is 81.1 Å². The van der Waals surface area contributed by atoms with E-state index in [9.17, 15) is 62.7 Å². The Labute approximate surface area is 545 Å². The monoisotopic (exact) mass is 1400 g/mol. The van der Waals surface area contributed by atoms with Gasteiger partial charge in [0.25, 0.3) is 0 Å². The van der Waals surface area contributed by atoms with Crippen LogP contribution in [0.4, 0.5) is 65.7 Å². The lowest BCUT2D eigenvalue weighted by Crippen LogP contribution is -2.59. The molecular formula is C54H63Cl3F11N19O3S2. The van der Waals surface area contributed by atoms with E-state index in [1.165, 1.54) is 53.2 Å². The fourth-order valence-corrected chi connectivity index (χ4v) is 10.2. The molecule has 0 spiro atoms. The fraction of sp³-hybridized carbons (Fsp3) is 0.333. The zero-order chi connectivity index (χ0) is 66.5. The van der Waals surface area contributed by atoms with Gasteiger partial charge in [0.15, 0.2) is 40.7 Å². The summed E-state index contributed by atoms with van der Waals surface area (Å²) in [4.78, 5) is 84.7. The molecule has 10 rings (SSSR count). The molecule has 10 heterocycles. The first-order valence-corrected chi connectivity index (χ1v) is 30.9. The molecular weight excluding hydrogens is 1340 g/mol. The van der Waals surface area contributed by atoms with Gasteiger partial charge in [-0.15, -0.1) is 0 Å². The number of halogens is 14. The van der Waals surface area contributed by atoms with Gasteiger partial charge < -0.3 is 51.8 Å². The number of amides is 3. The number of nitrogens with zero attached hydrogens (tertiary/aromatic N) is 10. The number of rotatable bonds is 20. The molecule has 0 aromatic carbocycles. The summed E-state index contributed by atoms with van der Waals surface area (Å²) in [6.07, 6.45) is 3.20. The molecule has 9 aromatic heterocycles. The van der Waals surface area contributed by atoms with Crippen molar-refractivity contribution in [2.45, 2.75) is 49.5 Å². The van der Waals surface area contributed by atoms with Crippen molar-refractivity contribution in [3.05, 3.63) is 107 Å². The molecule has 3 amide bonds. The summed E-state index contributed by atoms with van der Waals surface area (Å²) in [5.41, 5.74) is 3.33. The van der Waals surface area contributed by atoms with E-state index in [4.69, 9.17) is 34.8 Å². The molecule has 0 aliphatic carbocycles. The molecule has 22 nitrogen and oxygen atoms in total. The van der Waals surface area contributed by atoms with Crippen LogP contribution in [-0.2, 0) is 14.4 Å². The van der Waals surface area contributed by atoms with Gasteiger partial charge in [0.05, 0.1) is 27.5 Å². The van der Waals surface area contributed by atoms with Crippen LogP contribution >= 0.6 is 58.3 Å². The van der Waals surface area contributed by atoms with E-state index in [0.717, 1.165) is 17.8 Å². The minimum Gasteiger partial charge on any atom is -0.358 e. The van der Waals surface area contributed by atoms with Crippen molar-refractivity contribution in [3.63, 3.8) is 0 Å². The Bertz CT molecular complexity index is 4060. The number of pyridine rings is 3. The predicted octanol–water partition coefficient (Wildman–Crippen LogP) is 11.7. The topological polar surface area (TPSA) is 290 Å². The summed E-state index contributed by atoms with van der Waals surface area (Å²) in [6, 6.07) is 3.50. The number of thioether (sulfide) groups is 2. The van der Waals surface area contributed by atoms with Crippen LogP contribution in [0.25, 0.3) is 67.3 Å². The maximum Gasteiger partial charge on any atom is 0.405 e. The molecule has 9 aromatic rings. The highest BCUT2D eigenvalue weighted by Gasteiger charge is 2.36. The van der Waals surface area contributed by atoms with Crippen LogP contribution in [0, 0.1) is 11.6 Å². The maximum absolute atomic E-state index is 14.6. The first kappa shape index (κ1) is 69.8. The smallest absolute Gasteiger partial charge is 0.358 e. The number of alkyl halides is 9. The summed E-state index contributed by atoms with van der Waals surface area (Å²) in [7, 11) is 0. The maximum atomic E-state index is 14.6. The van der Waals surface area contributed by atoms with Crippen molar-refractivity contribution in [2.75, 3.05) is 78.8 Å². The summed E-state index contributed by atoms with van der Waals surface area (Å²) in [5.74, 6) is -2.67. The van der Waals surface area contributed by atoms with E-state index in [-0.39, 0.29) is 51.4 Å². The molecule has 1 saturated heterocycles. The Kier molecular flexibility index (Phi) is 23.5. The van der Waals surface area contributed by atoms with E-state index in [1.807, 2.05) is 22.2 Å². The average molecular weight is 1410 g/mol. The SMILES string of the molecule is CSCC[C@@H](Nc1ccnc(-c2c[nH]c3ncc(Cl)cc23)n1)C(=O)NCC(F)(F)F.CSCC[C@@H](Nc1nc(-c2c[nH]c3ncc(Cl)cc23)ncc1F)C(=O)NCC(F)(F)F.O=C(NCC(F)(F)F)[C@H]1CNCCN1c1nc(-c2c[nH]c3ncc(Cl)cc23)ncc1F.[HH].[HH].[HH].[HH].[HH].[HH]. The number of anilines is 3. The molecule has 92 heavy (non-hydrogen) atoms. The molecule has 1 aliphatic rings. The number of nitrogens with one attached hydrogen (secondary N) is 9. The van der Waals surface area contributed by atoms with E-state index < -0.39 is 85.6 Å². The highest BCUT2D eigenvalue weighted by atomic mass is 35.5. The van der Waals surface area contributed by atoms with Gasteiger partial charge in [-0.05, 0) is 61.1 Å². The van der Waals surface area contributed by atoms with Crippen molar-refractivity contribution < 1.29 is 71.2 Å². The third-order valence-corrected chi connectivity index (χ3v) is 14.9. The Morgan fingerprint density at radius 3 is 1.53 bits per heavy atom. The summed E-state index contributed by atoms with van der Waals surface area (Å²) in [6.45, 7) is -3.75. The highest BCUT2D eigenvalue weighted by molar-refractivity contribution is 7.98. The number of aromatic amines is 3. The second kappa shape index (κ2) is 31.0. The number of carbonyl (C=O) groups is 3. The van der Waals surface area contributed by atoms with Crippen molar-refractivity contribution in [2.24, 2.45) is 0 Å². The number of hydrogen-bond donors (Lipinski definition) is 9. The van der Waals surface area contributed by atoms with Gasteiger partial charge in [-0.2, -0.15) is 63.0 Å². The van der Waals surface area contributed by atoms with E-state index in [1.54, 1.807) is 49.1 Å². The number of piperazine rings is 1. The molecule has 9 N–H and O–H groups in total. The van der Waals surface area contributed by atoms with E-state index in [0.29, 0.717) is 95.6 Å². The Morgan fingerprint density at radius 2 is 1.05 bits per heavy atom. The Balaban J connectivity index is 0.000000485. The quantitative estimate of drug-likeness (QED) is 0.0321. The van der Waals surface area contributed by atoms with Crippen LogP contribution < -0.4 is 36.8 Å². The minimum atomic E-state index is -4.56. The van der Waals surface area contributed by atoms with Crippen LogP contribution in [0.5, 0.6) is 0 Å². The normalized spacial score (nSPS) is 14.2. The largest absolute Gasteiger partial charge is 0.405 e. The van der Waals surface area contributed by atoms with E-state index in [2.05, 4.69) is 75.8 Å². The third kappa shape index (κ3) is 19.2. The van der Waals surface area contributed by atoms with Crippen LogP contribution in [0.1, 0.15) is 21.4 Å². The van der Waals surface area contributed by atoms with Crippen molar-refractivity contribution in [1.29, 1.82) is 0 Å². The summed E-state index contributed by atoms with van der Waals surface area (Å²) >= 11 is 20.9. The Hall–Kier alpha value is -8.12. The lowest BCUT2D eigenvalue weighted by molar-refractivity contribution is -0.139. The molecule has 502 valence electrons. The second-order valence-corrected chi connectivity index (χ2v) is 22.9.